The zero-order valence-electron chi connectivity index (χ0n) is 17.0. The largest absolute Gasteiger partial charge is 0.365 e. The molecule has 0 radical (unpaired) electrons. The van der Waals surface area contributed by atoms with Crippen molar-refractivity contribution in [2.24, 2.45) is 0 Å². The summed E-state index contributed by atoms with van der Waals surface area (Å²) >= 11 is 0. The molecule has 0 bridgehead atoms. The van der Waals surface area contributed by atoms with Gasteiger partial charge in [-0.15, -0.1) is 0 Å². The van der Waals surface area contributed by atoms with E-state index in [1.54, 1.807) is 24.7 Å². The van der Waals surface area contributed by atoms with Gasteiger partial charge in [-0.25, -0.2) is 4.98 Å². The summed E-state index contributed by atoms with van der Waals surface area (Å²) in [7, 11) is 0. The van der Waals surface area contributed by atoms with Crippen LogP contribution >= 0.6 is 0 Å². The zero-order chi connectivity index (χ0) is 21.1. The molecule has 3 aromatic rings. The van der Waals surface area contributed by atoms with Gasteiger partial charge in [0, 0.05) is 30.4 Å². The van der Waals surface area contributed by atoms with Gasteiger partial charge in [0.05, 0.1) is 35.3 Å². The van der Waals surface area contributed by atoms with Crippen LogP contribution in [0.4, 0.5) is 5.82 Å². The quantitative estimate of drug-likeness (QED) is 0.706. The monoisotopic (exact) mass is 401 g/mol. The number of carbonyl (C=O) groups is 1. The van der Waals surface area contributed by atoms with Gasteiger partial charge in [-0.3, -0.25) is 4.79 Å². The highest BCUT2D eigenvalue weighted by molar-refractivity contribution is 5.98. The summed E-state index contributed by atoms with van der Waals surface area (Å²) < 4.78 is 0. The molecule has 1 aromatic carbocycles. The number of pyridine rings is 1. The topological polar surface area (TPSA) is 99.7 Å². The van der Waals surface area contributed by atoms with Crippen molar-refractivity contribution in [3.8, 4) is 11.8 Å². The number of hydrogen-bond donors (Lipinski definition) is 1. The summed E-state index contributed by atoms with van der Waals surface area (Å²) in [6.07, 6.45) is 6.35. The van der Waals surface area contributed by atoms with E-state index in [9.17, 15) is 10.1 Å². The number of likely N-dealkylation sites (tertiary alicyclic amines) is 1. The van der Waals surface area contributed by atoms with Crippen molar-refractivity contribution in [2.45, 2.75) is 38.8 Å². The van der Waals surface area contributed by atoms with Crippen molar-refractivity contribution in [3.63, 3.8) is 0 Å². The smallest absolute Gasteiger partial charge is 0.256 e. The molecule has 152 valence electrons. The molecule has 1 amide bonds. The number of nitriles is 1. The fourth-order valence-corrected chi connectivity index (χ4v) is 4.02. The van der Waals surface area contributed by atoms with Crippen molar-refractivity contribution < 1.29 is 4.79 Å². The lowest BCUT2D eigenvalue weighted by atomic mass is 10.1. The average molecular weight is 401 g/mol. The van der Waals surface area contributed by atoms with Crippen LogP contribution < -0.4 is 5.32 Å². The van der Waals surface area contributed by atoms with Gasteiger partial charge >= 0.3 is 0 Å². The molecule has 1 fully saturated rings. The summed E-state index contributed by atoms with van der Waals surface area (Å²) in [5.74, 6) is 0.679. The highest BCUT2D eigenvalue weighted by Gasteiger charge is 2.34. The molecule has 1 saturated heterocycles. The second kappa shape index (κ2) is 8.33. The van der Waals surface area contributed by atoms with E-state index in [2.05, 4.69) is 26.6 Å². The number of nitrogens with zero attached hydrogens (tertiary/aromatic N) is 6. The fourth-order valence-electron chi connectivity index (χ4n) is 4.02. The first-order valence-electron chi connectivity index (χ1n) is 10.0. The third-order valence-corrected chi connectivity index (χ3v) is 5.47. The van der Waals surface area contributed by atoms with Crippen molar-refractivity contribution in [3.05, 3.63) is 65.6 Å². The summed E-state index contributed by atoms with van der Waals surface area (Å²) in [5, 5.41) is 21.1. The Morgan fingerprint density at radius 2 is 2.00 bits per heavy atom. The summed E-state index contributed by atoms with van der Waals surface area (Å²) in [5.41, 5.74) is 2.77. The third kappa shape index (κ3) is 3.62. The Labute approximate surface area is 175 Å². The molecule has 8 nitrogen and oxygen atoms in total. The Kier molecular flexibility index (Phi) is 5.44. The van der Waals surface area contributed by atoms with Gasteiger partial charge in [-0.2, -0.15) is 20.3 Å². The van der Waals surface area contributed by atoms with Crippen molar-refractivity contribution in [2.75, 3.05) is 11.9 Å². The number of benzene rings is 1. The normalized spacial score (nSPS) is 18.2. The maximum atomic E-state index is 13.4. The molecule has 3 heterocycles. The number of nitrogens with one attached hydrogen (secondary N) is 1. The van der Waals surface area contributed by atoms with Crippen LogP contribution in [0.2, 0.25) is 0 Å². The molecule has 0 spiro atoms. The number of carbonyl (C=O) groups excluding carboxylic acids is 1. The molecule has 0 aliphatic carbocycles. The maximum absolute atomic E-state index is 13.4. The van der Waals surface area contributed by atoms with Gasteiger partial charge in [0.25, 0.3) is 5.91 Å². The van der Waals surface area contributed by atoms with Crippen LogP contribution in [0, 0.1) is 11.3 Å². The van der Waals surface area contributed by atoms with Crippen LogP contribution in [0.5, 0.6) is 0 Å². The molecular formula is C22H23N7O. The summed E-state index contributed by atoms with van der Waals surface area (Å²) in [4.78, 5) is 21.1. The highest BCUT2D eigenvalue weighted by atomic mass is 16.2. The minimum atomic E-state index is -0.0471. The molecule has 4 rings (SSSR count). The Morgan fingerprint density at radius 3 is 2.73 bits per heavy atom. The molecule has 2 atom stereocenters. The van der Waals surface area contributed by atoms with Crippen LogP contribution in [0.15, 0.2) is 48.9 Å². The summed E-state index contributed by atoms with van der Waals surface area (Å²) in [6, 6.07) is 11.5. The Morgan fingerprint density at radius 1 is 1.23 bits per heavy atom. The lowest BCUT2D eigenvalue weighted by molar-refractivity contribution is 0.0746. The van der Waals surface area contributed by atoms with Gasteiger partial charge < -0.3 is 10.2 Å². The molecule has 8 heteroatoms. The van der Waals surface area contributed by atoms with E-state index in [0.717, 1.165) is 17.8 Å². The van der Waals surface area contributed by atoms with E-state index in [-0.39, 0.29) is 18.0 Å². The van der Waals surface area contributed by atoms with Gasteiger partial charge in [-0.1, -0.05) is 19.1 Å². The lowest BCUT2D eigenvalue weighted by Gasteiger charge is -2.22. The number of anilines is 1. The predicted molar refractivity (Wildman–Crippen MR) is 112 cm³/mol. The molecule has 0 unspecified atom stereocenters. The lowest BCUT2D eigenvalue weighted by Crippen LogP contribution is -2.36. The van der Waals surface area contributed by atoms with E-state index in [1.807, 2.05) is 43.0 Å². The molecule has 1 aliphatic heterocycles. The van der Waals surface area contributed by atoms with Crippen LogP contribution in [-0.2, 0) is 6.42 Å². The van der Waals surface area contributed by atoms with Crippen molar-refractivity contribution in [1.82, 2.24) is 24.9 Å². The molecular weight excluding hydrogens is 378 g/mol. The molecule has 1 N–H and O–H groups in total. The van der Waals surface area contributed by atoms with Gasteiger partial charge in [-0.05, 0) is 38.0 Å². The standard InChI is InChI=1S/C22H23N7O/c1-3-18-16(13-23)8-9-24-21(18)27-17-12-15(2)28(14-17)22(30)19-6-4-5-7-20(19)29-25-10-11-26-29/h4-11,15,17H,3,12,14H2,1-2H3,(H,24,27)/t15-,17-/m1/s1. The second-order valence-electron chi connectivity index (χ2n) is 7.37. The minimum absolute atomic E-state index is 0.0471. The molecule has 2 aromatic heterocycles. The first kappa shape index (κ1) is 19.6. The Balaban J connectivity index is 1.55. The van der Waals surface area contributed by atoms with Gasteiger partial charge in [0.1, 0.15) is 5.82 Å². The zero-order valence-corrected chi connectivity index (χ0v) is 17.0. The number of amides is 1. The van der Waals surface area contributed by atoms with E-state index in [1.165, 1.54) is 4.80 Å². The van der Waals surface area contributed by atoms with Crippen LogP contribution in [0.1, 0.15) is 41.8 Å². The maximum Gasteiger partial charge on any atom is 0.256 e. The number of para-hydroxylation sites is 1. The first-order valence-corrected chi connectivity index (χ1v) is 10.0. The van der Waals surface area contributed by atoms with Crippen LogP contribution in [-0.4, -0.2) is 49.4 Å². The number of aromatic nitrogens is 4. The predicted octanol–water partition coefficient (Wildman–Crippen LogP) is 2.81. The van der Waals surface area contributed by atoms with E-state index in [4.69, 9.17) is 0 Å². The molecule has 30 heavy (non-hydrogen) atoms. The summed E-state index contributed by atoms with van der Waals surface area (Å²) in [6.45, 7) is 4.62. The fraction of sp³-hybridized carbons (Fsp3) is 0.318. The number of rotatable bonds is 5. The SMILES string of the molecule is CCc1c(C#N)ccnc1N[C@@H]1C[C@@H](C)N(C(=O)c2ccccc2-n2nccn2)C1. The van der Waals surface area contributed by atoms with E-state index < -0.39 is 0 Å². The van der Waals surface area contributed by atoms with Crippen molar-refractivity contribution >= 4 is 11.7 Å². The van der Waals surface area contributed by atoms with E-state index >= 15 is 0 Å². The minimum Gasteiger partial charge on any atom is -0.365 e. The molecule has 0 saturated carbocycles. The Bertz CT molecular complexity index is 1090. The Hall–Kier alpha value is -3.73. The third-order valence-electron chi connectivity index (χ3n) is 5.47. The van der Waals surface area contributed by atoms with Crippen LogP contribution in [0.25, 0.3) is 5.69 Å². The second-order valence-corrected chi connectivity index (χ2v) is 7.37. The van der Waals surface area contributed by atoms with Gasteiger partial charge in [0.2, 0.25) is 0 Å². The van der Waals surface area contributed by atoms with Crippen molar-refractivity contribution in [1.29, 1.82) is 5.26 Å². The highest BCUT2D eigenvalue weighted by Crippen LogP contribution is 2.26. The van der Waals surface area contributed by atoms with Crippen LogP contribution in [0.3, 0.4) is 0 Å². The average Bonchev–Trinajstić information content (AvgIpc) is 3.43. The first-order chi connectivity index (χ1) is 14.6. The molecule has 1 aliphatic rings. The number of hydrogen-bond acceptors (Lipinski definition) is 6. The van der Waals surface area contributed by atoms with Gasteiger partial charge in [0.15, 0.2) is 0 Å². The van der Waals surface area contributed by atoms with E-state index in [0.29, 0.717) is 29.8 Å².